The van der Waals surface area contributed by atoms with Crippen molar-refractivity contribution in [3.8, 4) is 5.75 Å². The SMILES string of the molecule is N[C@H](CSCc1ccccc1OC(F)F)C(=O)O. The first kappa shape index (κ1) is 14.7. The van der Waals surface area contributed by atoms with Crippen LogP contribution in [0.4, 0.5) is 8.78 Å². The Labute approximate surface area is 107 Å². The molecular formula is C11H13F2NO3S. The first-order chi connectivity index (χ1) is 8.50. The zero-order valence-electron chi connectivity index (χ0n) is 9.38. The Morgan fingerprint density at radius 1 is 1.44 bits per heavy atom. The number of thioether (sulfide) groups is 1. The average molecular weight is 277 g/mol. The van der Waals surface area contributed by atoms with Crippen LogP contribution in [0.1, 0.15) is 5.56 Å². The summed E-state index contributed by atoms with van der Waals surface area (Å²) in [5.41, 5.74) is 5.91. The van der Waals surface area contributed by atoms with Gasteiger partial charge >= 0.3 is 12.6 Å². The molecule has 0 aliphatic heterocycles. The maximum absolute atomic E-state index is 12.1. The van der Waals surface area contributed by atoms with Gasteiger partial charge in [-0.05, 0) is 6.07 Å². The second-order valence-corrected chi connectivity index (χ2v) is 4.48. The Morgan fingerprint density at radius 3 is 2.72 bits per heavy atom. The Kier molecular flexibility index (Phi) is 5.87. The van der Waals surface area contributed by atoms with E-state index >= 15 is 0 Å². The van der Waals surface area contributed by atoms with Crippen molar-refractivity contribution in [2.24, 2.45) is 5.73 Å². The number of aliphatic carboxylic acids is 1. The lowest BCUT2D eigenvalue weighted by Crippen LogP contribution is -2.32. The average Bonchev–Trinajstić information content (AvgIpc) is 2.30. The number of alkyl halides is 2. The number of ether oxygens (including phenoxy) is 1. The van der Waals surface area contributed by atoms with E-state index in [9.17, 15) is 13.6 Å². The van der Waals surface area contributed by atoms with Crippen molar-refractivity contribution in [3.63, 3.8) is 0 Å². The van der Waals surface area contributed by atoms with Crippen LogP contribution in [-0.4, -0.2) is 29.5 Å². The van der Waals surface area contributed by atoms with Crippen LogP contribution in [-0.2, 0) is 10.5 Å². The second-order valence-electron chi connectivity index (χ2n) is 3.45. The fourth-order valence-electron chi connectivity index (χ4n) is 1.20. The third-order valence-electron chi connectivity index (χ3n) is 2.06. The van der Waals surface area contributed by atoms with Crippen LogP contribution < -0.4 is 10.5 Å². The Balaban J connectivity index is 2.53. The van der Waals surface area contributed by atoms with Gasteiger partial charge in [0.2, 0.25) is 0 Å². The number of benzene rings is 1. The molecule has 0 bridgehead atoms. The van der Waals surface area contributed by atoms with Gasteiger partial charge in [-0.1, -0.05) is 18.2 Å². The molecule has 1 aromatic rings. The first-order valence-electron chi connectivity index (χ1n) is 5.09. The summed E-state index contributed by atoms with van der Waals surface area (Å²) < 4.78 is 28.6. The van der Waals surface area contributed by atoms with Gasteiger partial charge < -0.3 is 15.6 Å². The van der Waals surface area contributed by atoms with Gasteiger partial charge in [0.25, 0.3) is 0 Å². The van der Waals surface area contributed by atoms with E-state index in [1.807, 2.05) is 0 Å². The number of hydrogen-bond donors (Lipinski definition) is 2. The van der Waals surface area contributed by atoms with E-state index in [-0.39, 0.29) is 11.5 Å². The molecule has 100 valence electrons. The molecule has 0 saturated carbocycles. The summed E-state index contributed by atoms with van der Waals surface area (Å²) in [4.78, 5) is 10.5. The van der Waals surface area contributed by atoms with Crippen LogP contribution in [0.25, 0.3) is 0 Å². The fourth-order valence-corrected chi connectivity index (χ4v) is 2.17. The number of carboxylic acid groups (broad SMARTS) is 1. The summed E-state index contributed by atoms with van der Waals surface area (Å²) in [5.74, 6) is -0.411. The van der Waals surface area contributed by atoms with Gasteiger partial charge in [-0.3, -0.25) is 4.79 Å². The van der Waals surface area contributed by atoms with Gasteiger partial charge in [0.05, 0.1) is 0 Å². The molecule has 1 rings (SSSR count). The lowest BCUT2D eigenvalue weighted by atomic mass is 10.2. The molecule has 4 nitrogen and oxygen atoms in total. The molecular weight excluding hydrogens is 264 g/mol. The lowest BCUT2D eigenvalue weighted by molar-refractivity contribution is -0.137. The van der Waals surface area contributed by atoms with E-state index < -0.39 is 18.6 Å². The van der Waals surface area contributed by atoms with Crippen LogP contribution in [0.15, 0.2) is 24.3 Å². The predicted molar refractivity (Wildman–Crippen MR) is 64.8 cm³/mol. The largest absolute Gasteiger partial charge is 0.480 e. The minimum Gasteiger partial charge on any atom is -0.480 e. The van der Waals surface area contributed by atoms with Crippen molar-refractivity contribution in [2.45, 2.75) is 18.4 Å². The molecule has 0 fully saturated rings. The van der Waals surface area contributed by atoms with E-state index in [1.165, 1.54) is 17.8 Å². The number of para-hydroxylation sites is 1. The molecule has 3 N–H and O–H groups in total. The third-order valence-corrected chi connectivity index (χ3v) is 3.17. The number of halogens is 2. The van der Waals surface area contributed by atoms with Crippen molar-refractivity contribution in [3.05, 3.63) is 29.8 Å². The minimum absolute atomic E-state index is 0.101. The number of rotatable bonds is 7. The molecule has 1 aromatic carbocycles. The highest BCUT2D eigenvalue weighted by molar-refractivity contribution is 7.98. The molecule has 0 spiro atoms. The third kappa shape index (κ3) is 4.89. The van der Waals surface area contributed by atoms with E-state index in [2.05, 4.69) is 4.74 Å². The van der Waals surface area contributed by atoms with Crippen LogP contribution in [0.3, 0.4) is 0 Å². The summed E-state index contributed by atoms with van der Waals surface area (Å²) in [5, 5.41) is 8.59. The highest BCUT2D eigenvalue weighted by Gasteiger charge is 2.13. The zero-order chi connectivity index (χ0) is 13.5. The Bertz CT molecular complexity index is 404. The van der Waals surface area contributed by atoms with Crippen LogP contribution >= 0.6 is 11.8 Å². The topological polar surface area (TPSA) is 72.5 Å². The summed E-state index contributed by atoms with van der Waals surface area (Å²) in [6.45, 7) is -2.88. The quantitative estimate of drug-likeness (QED) is 0.796. The standard InChI is InChI=1S/C11H13F2NO3S/c12-11(13)17-9-4-2-1-3-7(9)5-18-6-8(14)10(15)16/h1-4,8,11H,5-6,14H2,(H,15,16)/t8-/m1/s1. The van der Waals surface area contributed by atoms with E-state index in [1.54, 1.807) is 18.2 Å². The van der Waals surface area contributed by atoms with E-state index in [0.717, 1.165) is 0 Å². The Morgan fingerprint density at radius 2 is 2.11 bits per heavy atom. The van der Waals surface area contributed by atoms with Gasteiger partial charge in [0.1, 0.15) is 11.8 Å². The summed E-state index contributed by atoms with van der Waals surface area (Å²) >= 11 is 1.25. The zero-order valence-corrected chi connectivity index (χ0v) is 10.2. The van der Waals surface area contributed by atoms with Crippen molar-refractivity contribution < 1.29 is 23.4 Å². The van der Waals surface area contributed by atoms with Crippen molar-refractivity contribution >= 4 is 17.7 Å². The maximum atomic E-state index is 12.1. The number of carbonyl (C=O) groups is 1. The molecule has 0 heterocycles. The number of hydrogen-bond acceptors (Lipinski definition) is 4. The van der Waals surface area contributed by atoms with E-state index in [0.29, 0.717) is 11.3 Å². The smallest absolute Gasteiger partial charge is 0.387 e. The van der Waals surface area contributed by atoms with Gasteiger partial charge in [-0.25, -0.2) is 0 Å². The Hall–Kier alpha value is -1.34. The summed E-state index contributed by atoms with van der Waals surface area (Å²) in [7, 11) is 0. The fraction of sp³-hybridized carbons (Fsp3) is 0.364. The molecule has 0 aliphatic rings. The highest BCUT2D eigenvalue weighted by Crippen LogP contribution is 2.24. The molecule has 0 aromatic heterocycles. The van der Waals surface area contributed by atoms with Gasteiger partial charge in [0, 0.05) is 17.1 Å². The molecule has 0 radical (unpaired) electrons. The molecule has 0 aliphatic carbocycles. The minimum atomic E-state index is -2.88. The van der Waals surface area contributed by atoms with Crippen molar-refractivity contribution in [1.29, 1.82) is 0 Å². The molecule has 7 heteroatoms. The summed E-state index contributed by atoms with van der Waals surface area (Å²) in [6, 6.07) is 5.43. The van der Waals surface area contributed by atoms with Crippen molar-refractivity contribution in [2.75, 3.05) is 5.75 Å². The first-order valence-corrected chi connectivity index (χ1v) is 6.25. The lowest BCUT2D eigenvalue weighted by Gasteiger charge is -2.11. The number of carboxylic acids is 1. The molecule has 1 atom stereocenters. The molecule has 0 amide bonds. The van der Waals surface area contributed by atoms with Crippen LogP contribution in [0.5, 0.6) is 5.75 Å². The summed E-state index contributed by atoms with van der Waals surface area (Å²) in [6.07, 6.45) is 0. The van der Waals surface area contributed by atoms with E-state index in [4.69, 9.17) is 10.8 Å². The molecule has 18 heavy (non-hydrogen) atoms. The van der Waals surface area contributed by atoms with Crippen LogP contribution in [0.2, 0.25) is 0 Å². The normalized spacial score (nSPS) is 12.4. The van der Waals surface area contributed by atoms with Gasteiger partial charge in [-0.15, -0.1) is 0 Å². The monoisotopic (exact) mass is 277 g/mol. The van der Waals surface area contributed by atoms with Crippen LogP contribution in [0, 0.1) is 0 Å². The number of nitrogens with two attached hydrogens (primary N) is 1. The predicted octanol–water partition coefficient (Wildman–Crippen LogP) is 1.93. The molecule has 0 unspecified atom stereocenters. The van der Waals surface area contributed by atoms with Gasteiger partial charge in [-0.2, -0.15) is 20.5 Å². The van der Waals surface area contributed by atoms with Gasteiger partial charge in [0.15, 0.2) is 0 Å². The molecule has 0 saturated heterocycles. The highest BCUT2D eigenvalue weighted by atomic mass is 32.2. The maximum Gasteiger partial charge on any atom is 0.387 e. The van der Waals surface area contributed by atoms with Crippen molar-refractivity contribution in [1.82, 2.24) is 0 Å². The second kappa shape index (κ2) is 7.17.